The van der Waals surface area contributed by atoms with E-state index in [0.29, 0.717) is 5.82 Å². The Morgan fingerprint density at radius 2 is 2.40 bits per heavy atom. The van der Waals surface area contributed by atoms with Crippen LogP contribution >= 0.6 is 0 Å². The normalized spacial score (nSPS) is 8.10. The second-order valence-corrected chi connectivity index (χ2v) is 1.81. The van der Waals surface area contributed by atoms with E-state index in [4.69, 9.17) is 5.26 Å². The van der Waals surface area contributed by atoms with Gasteiger partial charge in [-0.1, -0.05) is 0 Å². The van der Waals surface area contributed by atoms with Gasteiger partial charge in [0.25, 0.3) is 5.82 Å². The third kappa shape index (κ3) is 1.45. The maximum atomic E-state index is 8.39. The van der Waals surface area contributed by atoms with Gasteiger partial charge >= 0.3 is 6.19 Å². The third-order valence-electron chi connectivity index (χ3n) is 1.04. The van der Waals surface area contributed by atoms with Crippen LogP contribution in [-0.4, -0.2) is 9.78 Å². The van der Waals surface area contributed by atoms with Crippen LogP contribution in [0, 0.1) is 18.4 Å². The molecule has 0 unspecified atom stereocenters. The maximum absolute atomic E-state index is 8.39. The molecule has 0 aliphatic rings. The second-order valence-electron chi connectivity index (χ2n) is 1.81. The summed E-state index contributed by atoms with van der Waals surface area (Å²) in [6.07, 6.45) is 3.57. The Bertz CT molecular complexity index is 259. The van der Waals surface area contributed by atoms with Crippen molar-refractivity contribution in [3.05, 3.63) is 12.2 Å². The first kappa shape index (κ1) is 8.92. The number of rotatable bonds is 0. The molecule has 10 heavy (non-hydrogen) atoms. The molecule has 0 saturated carbocycles. The van der Waals surface area contributed by atoms with Gasteiger partial charge in [0.1, 0.15) is 0 Å². The molecular weight excluding hydrogens is 152 g/mol. The summed E-state index contributed by atoms with van der Waals surface area (Å²) in [6.45, 7) is 1.78. The van der Waals surface area contributed by atoms with Crippen molar-refractivity contribution < 1.29 is 17.0 Å². The van der Waals surface area contributed by atoms with Gasteiger partial charge in [-0.05, 0) is 10.4 Å². The molecule has 1 heterocycles. The van der Waals surface area contributed by atoms with Crippen LogP contribution in [0.25, 0.3) is 0 Å². The highest BCUT2D eigenvalue weighted by molar-refractivity contribution is 4.66. The molecule has 1 aromatic rings. The number of aromatic nitrogens is 3. The molecule has 54 valence electrons. The van der Waals surface area contributed by atoms with E-state index in [0.717, 1.165) is 0 Å². The Labute approximate surface area is 65.1 Å². The van der Waals surface area contributed by atoms with Gasteiger partial charge in [-0.25, -0.2) is 0 Å². The Balaban J connectivity index is 0.000000810. The highest BCUT2D eigenvalue weighted by Crippen LogP contribution is 1.77. The quantitative estimate of drug-likeness (QED) is 0.366. The Kier molecular flexibility index (Phi) is 2.84. The van der Waals surface area contributed by atoms with Crippen molar-refractivity contribution in [3.63, 3.8) is 0 Å². The lowest BCUT2D eigenvalue weighted by atomic mass is 10.7. The minimum Gasteiger partial charge on any atom is -1.00 e. The van der Waals surface area contributed by atoms with Crippen molar-refractivity contribution in [2.24, 2.45) is 7.05 Å². The number of hydrogen-bond acceptors (Lipinski definition) is 2. The van der Waals surface area contributed by atoms with Crippen molar-refractivity contribution >= 4 is 0 Å². The number of nitrogens with zero attached hydrogens (tertiary/aromatic N) is 4. The van der Waals surface area contributed by atoms with E-state index in [9.17, 15) is 0 Å². The number of hydrogen-bond donors (Lipinski definition) is 0. The molecule has 1 aromatic heterocycles. The average Bonchev–Trinajstić information content (AvgIpc) is 2.10. The molecule has 0 saturated heterocycles. The summed E-state index contributed by atoms with van der Waals surface area (Å²) in [5, 5.41) is 12.3. The Morgan fingerprint density at radius 3 is 2.60 bits per heavy atom. The lowest BCUT2D eigenvalue weighted by molar-refractivity contribution is -0.594. The van der Waals surface area contributed by atoms with Crippen LogP contribution < -0.4 is 17.0 Å². The van der Waals surface area contributed by atoms with Crippen molar-refractivity contribution in [2.45, 2.75) is 6.92 Å². The van der Waals surface area contributed by atoms with E-state index in [1.165, 1.54) is 4.57 Å². The van der Waals surface area contributed by atoms with Crippen LogP contribution in [0.15, 0.2) is 6.33 Å². The topological polar surface area (TPSA) is 45.5 Å². The molecule has 0 amide bonds. The predicted octanol–water partition coefficient (Wildman–Crippen LogP) is -3.65. The van der Waals surface area contributed by atoms with E-state index < -0.39 is 0 Å². The highest BCUT2D eigenvalue weighted by Gasteiger charge is 2.04. The number of nitriles is 1. The standard InChI is InChI=1S/C5H7N4.ClH/c1-5-7-8(2)4-9(5)3-6;/h4H,1-2H3;1H/q+1;/p-1. The van der Waals surface area contributed by atoms with Crippen molar-refractivity contribution in [1.82, 2.24) is 9.78 Å². The highest BCUT2D eigenvalue weighted by atomic mass is 35.5. The molecule has 0 N–H and O–H groups in total. The number of aryl methyl sites for hydroxylation is 2. The largest absolute Gasteiger partial charge is 1.00 e. The SMILES string of the molecule is Cc1nn(C)c[n+]1C#N.[Cl-]. The zero-order chi connectivity index (χ0) is 6.85. The van der Waals surface area contributed by atoms with E-state index in [1.807, 2.05) is 6.19 Å². The third-order valence-corrected chi connectivity index (χ3v) is 1.04. The van der Waals surface area contributed by atoms with Gasteiger partial charge in [0.2, 0.25) is 6.33 Å². The summed E-state index contributed by atoms with van der Waals surface area (Å²) in [5.41, 5.74) is 0. The van der Waals surface area contributed by atoms with Gasteiger partial charge in [0, 0.05) is 6.92 Å². The van der Waals surface area contributed by atoms with E-state index in [1.54, 1.807) is 25.0 Å². The van der Waals surface area contributed by atoms with E-state index >= 15 is 0 Å². The van der Waals surface area contributed by atoms with Gasteiger partial charge in [0.05, 0.1) is 7.05 Å². The summed E-state index contributed by atoms with van der Waals surface area (Å²) >= 11 is 0. The van der Waals surface area contributed by atoms with Crippen LogP contribution in [0.2, 0.25) is 0 Å². The molecule has 0 aliphatic heterocycles. The first-order valence-electron chi connectivity index (χ1n) is 2.56. The molecule has 1 rings (SSSR count). The lowest BCUT2D eigenvalue weighted by Gasteiger charge is -1.71. The van der Waals surface area contributed by atoms with Gasteiger partial charge in [-0.15, -0.1) is 4.57 Å². The summed E-state index contributed by atoms with van der Waals surface area (Å²) in [5.74, 6) is 0.708. The second kappa shape index (κ2) is 3.18. The fraction of sp³-hybridized carbons (Fsp3) is 0.400. The Morgan fingerprint density at radius 1 is 1.80 bits per heavy atom. The summed E-state index contributed by atoms with van der Waals surface area (Å²) < 4.78 is 3.00. The molecular formula is C5H7ClN4. The molecule has 0 spiro atoms. The number of halogens is 1. The fourth-order valence-corrected chi connectivity index (χ4v) is 0.651. The lowest BCUT2D eigenvalue weighted by Crippen LogP contribution is -3.00. The van der Waals surface area contributed by atoms with Crippen LogP contribution in [-0.2, 0) is 7.05 Å². The molecule has 0 fully saturated rings. The predicted molar refractivity (Wildman–Crippen MR) is 29.2 cm³/mol. The van der Waals surface area contributed by atoms with Crippen LogP contribution in [0.5, 0.6) is 0 Å². The molecule has 0 bridgehead atoms. The molecule has 0 aliphatic carbocycles. The minimum absolute atomic E-state index is 0. The zero-order valence-electron chi connectivity index (χ0n) is 5.74. The van der Waals surface area contributed by atoms with Gasteiger partial charge < -0.3 is 12.4 Å². The van der Waals surface area contributed by atoms with Crippen LogP contribution in [0.1, 0.15) is 5.82 Å². The minimum atomic E-state index is 0. The van der Waals surface area contributed by atoms with Crippen LogP contribution in [0.4, 0.5) is 0 Å². The smallest absolute Gasteiger partial charge is 0.331 e. The van der Waals surface area contributed by atoms with E-state index in [-0.39, 0.29) is 12.4 Å². The van der Waals surface area contributed by atoms with Gasteiger partial charge in [-0.3, -0.25) is 0 Å². The first-order chi connectivity index (χ1) is 4.24. The molecule has 5 heteroatoms. The van der Waals surface area contributed by atoms with Crippen molar-refractivity contribution in [2.75, 3.05) is 0 Å². The monoisotopic (exact) mass is 158 g/mol. The van der Waals surface area contributed by atoms with Crippen LogP contribution in [0.3, 0.4) is 0 Å². The summed E-state index contributed by atoms with van der Waals surface area (Å²) in [7, 11) is 1.78. The van der Waals surface area contributed by atoms with E-state index in [2.05, 4.69) is 5.10 Å². The first-order valence-corrected chi connectivity index (χ1v) is 2.56. The molecule has 4 nitrogen and oxygen atoms in total. The molecule has 0 radical (unpaired) electrons. The van der Waals surface area contributed by atoms with Crippen molar-refractivity contribution in [3.8, 4) is 6.19 Å². The summed E-state index contributed by atoms with van der Waals surface area (Å²) in [6, 6.07) is 0. The molecule has 0 aromatic carbocycles. The van der Waals surface area contributed by atoms with Gasteiger partial charge in [-0.2, -0.15) is 4.68 Å². The fourth-order valence-electron chi connectivity index (χ4n) is 0.651. The Hall–Kier alpha value is -1.08. The summed E-state index contributed by atoms with van der Waals surface area (Å²) in [4.78, 5) is 0. The van der Waals surface area contributed by atoms with Crippen molar-refractivity contribution in [1.29, 1.82) is 5.26 Å². The van der Waals surface area contributed by atoms with Gasteiger partial charge in [0.15, 0.2) is 0 Å². The maximum Gasteiger partial charge on any atom is 0.331 e. The zero-order valence-corrected chi connectivity index (χ0v) is 6.50. The molecule has 0 atom stereocenters. The average molecular weight is 159 g/mol.